The summed E-state index contributed by atoms with van der Waals surface area (Å²) in [6, 6.07) is 17.4. The number of anilines is 4. The van der Waals surface area contributed by atoms with E-state index in [4.69, 9.17) is 37.7 Å². The number of halogens is 2. The number of ether oxygens (including phenoxy) is 2. The van der Waals surface area contributed by atoms with Gasteiger partial charge in [-0.1, -0.05) is 23.2 Å². The van der Waals surface area contributed by atoms with Crippen molar-refractivity contribution in [3.8, 4) is 11.5 Å². The Morgan fingerprint density at radius 2 is 1.12 bits per heavy atom. The fraction of sp³-hybridized carbons (Fsp3) is 0.333. The van der Waals surface area contributed by atoms with E-state index in [0.29, 0.717) is 56.1 Å². The van der Waals surface area contributed by atoms with Gasteiger partial charge in [0.1, 0.15) is 11.5 Å². The third kappa shape index (κ3) is 11.4. The summed E-state index contributed by atoms with van der Waals surface area (Å²) in [5, 5.41) is 11.8. The van der Waals surface area contributed by atoms with Gasteiger partial charge in [-0.3, -0.25) is 9.59 Å². The third-order valence-electron chi connectivity index (χ3n) is 9.80. The van der Waals surface area contributed by atoms with Crippen molar-refractivity contribution in [2.75, 3.05) is 93.1 Å². The number of fused-ring (bicyclic) bond motifs is 2. The highest BCUT2D eigenvalue weighted by molar-refractivity contribution is 6.30. The summed E-state index contributed by atoms with van der Waals surface area (Å²) in [6.45, 7) is 11.1. The zero-order chi connectivity index (χ0) is 42.0. The minimum atomic E-state index is -0.280. The van der Waals surface area contributed by atoms with Crippen LogP contribution in [-0.4, -0.2) is 119 Å². The number of benzene rings is 2. The van der Waals surface area contributed by atoms with E-state index in [1.165, 1.54) is 0 Å². The highest BCUT2D eigenvalue weighted by Crippen LogP contribution is 2.24. The van der Waals surface area contributed by atoms with E-state index in [-0.39, 0.29) is 25.0 Å². The average molecular weight is 854 g/mol. The first-order valence-corrected chi connectivity index (χ1v) is 20.4. The quantitative estimate of drug-likeness (QED) is 0.156. The summed E-state index contributed by atoms with van der Waals surface area (Å²) in [7, 11) is 2.13. The van der Waals surface area contributed by atoms with Gasteiger partial charge >= 0.3 is 0 Å². The number of hydrogen-bond acceptors (Lipinski definition) is 14. The van der Waals surface area contributed by atoms with E-state index in [0.717, 1.165) is 80.9 Å². The van der Waals surface area contributed by atoms with Crippen LogP contribution < -0.4 is 35.2 Å². The summed E-state index contributed by atoms with van der Waals surface area (Å²) in [5.74, 6) is 1.99. The lowest BCUT2D eigenvalue weighted by molar-refractivity contribution is -0.118. The Morgan fingerprint density at radius 3 is 1.60 bits per heavy atom. The zero-order valence-electron chi connectivity index (χ0n) is 33.6. The molecule has 0 unspecified atom stereocenters. The molecular weight excluding hydrogens is 807 g/mol. The van der Waals surface area contributed by atoms with Crippen molar-refractivity contribution in [1.29, 1.82) is 0 Å². The van der Waals surface area contributed by atoms with Crippen LogP contribution in [0.15, 0.2) is 73.1 Å². The maximum absolute atomic E-state index is 12.3. The maximum atomic E-state index is 12.3. The van der Waals surface area contributed by atoms with Gasteiger partial charge in [0, 0.05) is 66.6 Å². The summed E-state index contributed by atoms with van der Waals surface area (Å²) in [6.07, 6.45) is 4.28. The summed E-state index contributed by atoms with van der Waals surface area (Å²) < 4.78 is 10.9. The van der Waals surface area contributed by atoms with Gasteiger partial charge in [0.25, 0.3) is 11.8 Å². The molecule has 8 rings (SSSR count). The molecule has 2 saturated heterocycles. The lowest BCUT2D eigenvalue weighted by Gasteiger charge is -2.27. The van der Waals surface area contributed by atoms with Crippen LogP contribution in [0.25, 0.3) is 22.1 Å². The molecule has 0 radical (unpaired) electrons. The minimum Gasteiger partial charge on any atom is -0.484 e. The minimum absolute atomic E-state index is 0.114. The van der Waals surface area contributed by atoms with Crippen molar-refractivity contribution in [3.63, 3.8) is 0 Å². The van der Waals surface area contributed by atoms with E-state index < -0.39 is 0 Å². The van der Waals surface area contributed by atoms with E-state index in [1.807, 2.05) is 26.0 Å². The molecule has 18 heteroatoms. The fourth-order valence-corrected chi connectivity index (χ4v) is 6.82. The first kappa shape index (κ1) is 42.2. The van der Waals surface area contributed by atoms with Crippen LogP contribution in [0.3, 0.4) is 0 Å². The van der Waals surface area contributed by atoms with Crippen LogP contribution in [-0.2, 0) is 9.59 Å². The Morgan fingerprint density at radius 1 is 0.650 bits per heavy atom. The molecule has 3 N–H and O–H groups in total. The van der Waals surface area contributed by atoms with Gasteiger partial charge < -0.3 is 40.1 Å². The zero-order valence-corrected chi connectivity index (χ0v) is 35.1. The number of hydrogen-bond donors (Lipinski definition) is 3. The Labute approximate surface area is 357 Å². The first-order valence-electron chi connectivity index (χ1n) is 19.6. The number of piperazine rings is 1. The number of nitrogens with one attached hydrogen (secondary N) is 3. The molecule has 0 bridgehead atoms. The standard InChI is InChI=1S/C22H25ClN6O2.C20H21ClN6O2/c1-15-19-12-17(26-20(30)14-31-18-6-4-16(23)5-7-18)13-24-21(19)27-22(25-15)29-9-3-8-28(2)10-11-29;1-13-17-10-15(25-18(28)12-29-16-4-2-14(21)3-5-16)11-23-19(17)26-20(24-13)27-8-6-22-7-9-27/h4-7,12-13H,3,8-11,14H2,1-2H3,(H,26,30);2-5,10-11,22H,6-9,12H2,1H3,(H,25,28). The number of aryl methyl sites for hydroxylation is 2. The molecule has 4 aromatic heterocycles. The molecule has 60 heavy (non-hydrogen) atoms. The molecule has 2 aromatic carbocycles. The normalized spacial score (nSPS) is 14.6. The molecule has 0 saturated carbocycles. The number of likely N-dealkylation sites (N-methyl/N-ethyl adjacent to an activating group) is 1. The van der Waals surface area contributed by atoms with Crippen LogP contribution in [0.1, 0.15) is 17.8 Å². The highest BCUT2D eigenvalue weighted by Gasteiger charge is 2.18. The largest absolute Gasteiger partial charge is 0.484 e. The predicted molar refractivity (Wildman–Crippen MR) is 235 cm³/mol. The number of carbonyl (C=O) groups is 2. The Kier molecular flexibility index (Phi) is 14.0. The van der Waals surface area contributed by atoms with Crippen molar-refractivity contribution in [1.82, 2.24) is 40.1 Å². The SMILES string of the molecule is Cc1nc(N2CCCN(C)CC2)nc2ncc(NC(=O)COc3ccc(Cl)cc3)cc12.Cc1nc(N2CCNCC2)nc2ncc(NC(=O)COc3ccc(Cl)cc3)cc12. The van der Waals surface area contributed by atoms with Crippen LogP contribution in [0.4, 0.5) is 23.3 Å². The van der Waals surface area contributed by atoms with Crippen molar-refractivity contribution in [2.24, 2.45) is 0 Å². The van der Waals surface area contributed by atoms with Crippen LogP contribution in [0, 0.1) is 13.8 Å². The Hall–Kier alpha value is -5.94. The maximum Gasteiger partial charge on any atom is 0.262 e. The predicted octanol–water partition coefficient (Wildman–Crippen LogP) is 5.56. The number of pyridine rings is 2. The second-order valence-corrected chi connectivity index (χ2v) is 15.2. The Bertz CT molecular complexity index is 2440. The fourth-order valence-electron chi connectivity index (χ4n) is 6.57. The van der Waals surface area contributed by atoms with Crippen molar-refractivity contribution in [2.45, 2.75) is 20.3 Å². The lowest BCUT2D eigenvalue weighted by atomic mass is 10.2. The van der Waals surface area contributed by atoms with Gasteiger partial charge in [-0.25, -0.2) is 19.9 Å². The van der Waals surface area contributed by atoms with Crippen LogP contribution >= 0.6 is 23.2 Å². The molecule has 312 valence electrons. The van der Waals surface area contributed by atoms with Crippen molar-refractivity contribution < 1.29 is 19.1 Å². The molecule has 0 atom stereocenters. The van der Waals surface area contributed by atoms with Gasteiger partial charge in [-0.2, -0.15) is 9.97 Å². The van der Waals surface area contributed by atoms with Gasteiger partial charge in [-0.05, 0) is 94.5 Å². The average Bonchev–Trinajstić information content (AvgIpc) is 3.48. The van der Waals surface area contributed by atoms with Gasteiger partial charge in [0.15, 0.2) is 24.5 Å². The van der Waals surface area contributed by atoms with E-state index in [2.05, 4.69) is 62.6 Å². The van der Waals surface area contributed by atoms with E-state index >= 15 is 0 Å². The molecule has 6 heterocycles. The molecule has 0 spiro atoms. The van der Waals surface area contributed by atoms with Gasteiger partial charge in [0.05, 0.1) is 35.2 Å². The molecule has 6 aromatic rings. The number of carbonyl (C=O) groups excluding carboxylic acids is 2. The molecule has 2 aliphatic heterocycles. The van der Waals surface area contributed by atoms with Crippen molar-refractivity contribution >= 4 is 80.4 Å². The topological polar surface area (TPSA) is 176 Å². The lowest BCUT2D eigenvalue weighted by Crippen LogP contribution is -2.44. The summed E-state index contributed by atoms with van der Waals surface area (Å²) in [4.78, 5) is 58.6. The Balaban J connectivity index is 0.000000182. The molecule has 2 amide bonds. The monoisotopic (exact) mass is 852 g/mol. The smallest absolute Gasteiger partial charge is 0.262 e. The number of rotatable bonds is 10. The molecular formula is C42H46Cl2N12O4. The van der Waals surface area contributed by atoms with Crippen molar-refractivity contribution in [3.05, 3.63) is 94.5 Å². The highest BCUT2D eigenvalue weighted by atomic mass is 35.5. The van der Waals surface area contributed by atoms with Gasteiger partial charge in [-0.15, -0.1) is 0 Å². The third-order valence-corrected chi connectivity index (χ3v) is 10.3. The second-order valence-electron chi connectivity index (χ2n) is 14.4. The molecule has 2 aliphatic rings. The number of aromatic nitrogens is 6. The van der Waals surface area contributed by atoms with Crippen LogP contribution in [0.2, 0.25) is 10.0 Å². The van der Waals surface area contributed by atoms with E-state index in [1.54, 1.807) is 60.9 Å². The van der Waals surface area contributed by atoms with Gasteiger partial charge in [0.2, 0.25) is 11.9 Å². The molecule has 0 aliphatic carbocycles. The van der Waals surface area contributed by atoms with E-state index in [9.17, 15) is 9.59 Å². The molecule has 2 fully saturated rings. The second kappa shape index (κ2) is 19.9. The summed E-state index contributed by atoms with van der Waals surface area (Å²) in [5.41, 5.74) is 4.04. The number of amides is 2. The first-order chi connectivity index (χ1) is 29.1. The summed E-state index contributed by atoms with van der Waals surface area (Å²) >= 11 is 11.7. The number of nitrogens with zero attached hydrogens (tertiary/aromatic N) is 9. The molecule has 16 nitrogen and oxygen atoms in total. The van der Waals surface area contributed by atoms with Crippen LogP contribution in [0.5, 0.6) is 11.5 Å².